The van der Waals surface area contributed by atoms with Crippen molar-refractivity contribution in [2.75, 3.05) is 5.73 Å². The summed E-state index contributed by atoms with van der Waals surface area (Å²) in [6.07, 6.45) is 1.69. The Morgan fingerprint density at radius 3 is 2.45 bits per heavy atom. The van der Waals surface area contributed by atoms with Gasteiger partial charge in [0.25, 0.3) is 0 Å². The molecule has 1 atom stereocenters. The molecule has 0 saturated heterocycles. The molecule has 0 aliphatic carbocycles. The van der Waals surface area contributed by atoms with E-state index in [0.29, 0.717) is 5.82 Å². The highest BCUT2D eigenvalue weighted by atomic mass is 35.5. The van der Waals surface area contributed by atoms with Crippen molar-refractivity contribution in [3.63, 3.8) is 0 Å². The number of hydrogen-bond donors (Lipinski definition) is 2. The number of nitrogens with zero attached hydrogens (tertiary/aromatic N) is 1. The predicted octanol–water partition coefficient (Wildman–Crippen LogP) is 1.11. The third kappa shape index (κ3) is 2.74. The van der Waals surface area contributed by atoms with Crippen LogP contribution in [-0.4, -0.2) is 4.98 Å². The van der Waals surface area contributed by atoms with Crippen LogP contribution in [0.5, 0.6) is 0 Å². The average Bonchev–Trinajstić information content (AvgIpc) is 1.88. The van der Waals surface area contributed by atoms with Crippen molar-refractivity contribution in [3.8, 4) is 0 Å². The SMILES string of the molecule is C[C@@H](N)c1ccc(N)nc1.Cl. The number of halogens is 1. The highest BCUT2D eigenvalue weighted by molar-refractivity contribution is 5.85. The molecule has 1 aromatic rings. The summed E-state index contributed by atoms with van der Waals surface area (Å²) in [4.78, 5) is 3.90. The van der Waals surface area contributed by atoms with Gasteiger partial charge in [-0.05, 0) is 18.6 Å². The van der Waals surface area contributed by atoms with Crippen LogP contribution in [0.3, 0.4) is 0 Å². The Balaban J connectivity index is 0.000001000. The molecule has 0 fully saturated rings. The molecule has 0 aliphatic rings. The maximum Gasteiger partial charge on any atom is 0.123 e. The number of rotatable bonds is 1. The lowest BCUT2D eigenvalue weighted by Crippen LogP contribution is -2.05. The minimum absolute atomic E-state index is 0. The summed E-state index contributed by atoms with van der Waals surface area (Å²) in [6, 6.07) is 3.67. The molecule has 4 heteroatoms. The molecule has 0 saturated carbocycles. The van der Waals surface area contributed by atoms with Gasteiger partial charge in [0.2, 0.25) is 0 Å². The standard InChI is InChI=1S/C7H11N3.ClH/c1-5(8)6-2-3-7(9)10-4-6;/h2-5H,8H2,1H3,(H2,9,10);1H/t5-;/m1./s1. The van der Waals surface area contributed by atoms with Crippen LogP contribution in [-0.2, 0) is 0 Å². The Kier molecular flexibility index (Phi) is 3.85. The Bertz CT molecular complexity index is 207. The molecule has 4 N–H and O–H groups in total. The van der Waals surface area contributed by atoms with E-state index in [4.69, 9.17) is 11.5 Å². The molecule has 0 unspecified atom stereocenters. The smallest absolute Gasteiger partial charge is 0.123 e. The van der Waals surface area contributed by atoms with E-state index in [0.717, 1.165) is 5.56 Å². The van der Waals surface area contributed by atoms with Crippen LogP contribution in [0.2, 0.25) is 0 Å². The lowest BCUT2D eigenvalue weighted by molar-refractivity contribution is 0.812. The first-order valence-electron chi connectivity index (χ1n) is 3.17. The molecule has 0 radical (unpaired) electrons. The van der Waals surface area contributed by atoms with Crippen molar-refractivity contribution in [1.29, 1.82) is 0 Å². The second-order valence-electron chi connectivity index (χ2n) is 2.31. The van der Waals surface area contributed by atoms with E-state index in [9.17, 15) is 0 Å². The fourth-order valence-corrected chi connectivity index (χ4v) is 0.686. The van der Waals surface area contributed by atoms with E-state index in [1.807, 2.05) is 13.0 Å². The molecule has 0 bridgehead atoms. The zero-order chi connectivity index (χ0) is 7.56. The summed E-state index contributed by atoms with van der Waals surface area (Å²) in [5.74, 6) is 0.532. The maximum absolute atomic E-state index is 5.58. The van der Waals surface area contributed by atoms with E-state index >= 15 is 0 Å². The highest BCUT2D eigenvalue weighted by Crippen LogP contribution is 2.07. The summed E-state index contributed by atoms with van der Waals surface area (Å²) < 4.78 is 0. The van der Waals surface area contributed by atoms with Crippen molar-refractivity contribution in [3.05, 3.63) is 23.9 Å². The fourth-order valence-electron chi connectivity index (χ4n) is 0.686. The average molecular weight is 174 g/mol. The summed E-state index contributed by atoms with van der Waals surface area (Å²) in [5.41, 5.74) is 12.0. The van der Waals surface area contributed by atoms with Crippen LogP contribution in [0.1, 0.15) is 18.5 Å². The van der Waals surface area contributed by atoms with E-state index in [-0.39, 0.29) is 18.4 Å². The van der Waals surface area contributed by atoms with Crippen molar-refractivity contribution >= 4 is 18.2 Å². The molecule has 1 rings (SSSR count). The topological polar surface area (TPSA) is 64.9 Å². The van der Waals surface area contributed by atoms with Gasteiger partial charge in [-0.3, -0.25) is 0 Å². The molecular weight excluding hydrogens is 162 g/mol. The fraction of sp³-hybridized carbons (Fsp3) is 0.286. The Morgan fingerprint density at radius 2 is 2.09 bits per heavy atom. The number of pyridine rings is 1. The van der Waals surface area contributed by atoms with E-state index in [1.165, 1.54) is 0 Å². The van der Waals surface area contributed by atoms with Gasteiger partial charge in [-0.25, -0.2) is 4.98 Å². The Hall–Kier alpha value is -0.800. The van der Waals surface area contributed by atoms with E-state index < -0.39 is 0 Å². The van der Waals surface area contributed by atoms with Gasteiger partial charge < -0.3 is 11.5 Å². The second-order valence-corrected chi connectivity index (χ2v) is 2.31. The summed E-state index contributed by atoms with van der Waals surface area (Å²) in [6.45, 7) is 1.91. The quantitative estimate of drug-likeness (QED) is 0.669. The lowest BCUT2D eigenvalue weighted by Gasteiger charge is -2.03. The highest BCUT2D eigenvalue weighted by Gasteiger charge is 1.96. The van der Waals surface area contributed by atoms with Gasteiger partial charge in [0, 0.05) is 12.2 Å². The monoisotopic (exact) mass is 173 g/mol. The van der Waals surface area contributed by atoms with Gasteiger partial charge in [0.1, 0.15) is 5.82 Å². The van der Waals surface area contributed by atoms with Crippen LogP contribution < -0.4 is 11.5 Å². The maximum atomic E-state index is 5.58. The van der Waals surface area contributed by atoms with Gasteiger partial charge >= 0.3 is 0 Å². The first-order chi connectivity index (χ1) is 4.70. The van der Waals surface area contributed by atoms with E-state index in [1.54, 1.807) is 12.3 Å². The van der Waals surface area contributed by atoms with Gasteiger partial charge in [0.05, 0.1) is 0 Å². The molecule has 0 aliphatic heterocycles. The van der Waals surface area contributed by atoms with Gasteiger partial charge in [-0.2, -0.15) is 0 Å². The summed E-state index contributed by atoms with van der Waals surface area (Å²) in [7, 11) is 0. The van der Waals surface area contributed by atoms with Gasteiger partial charge in [0.15, 0.2) is 0 Å². The normalized spacial score (nSPS) is 11.8. The number of nitrogens with two attached hydrogens (primary N) is 2. The lowest BCUT2D eigenvalue weighted by atomic mass is 10.2. The van der Waals surface area contributed by atoms with Gasteiger partial charge in [-0.15, -0.1) is 12.4 Å². The third-order valence-electron chi connectivity index (χ3n) is 1.34. The number of aromatic nitrogens is 1. The Morgan fingerprint density at radius 1 is 1.45 bits per heavy atom. The molecule has 0 spiro atoms. The zero-order valence-electron chi connectivity index (χ0n) is 6.32. The van der Waals surface area contributed by atoms with Gasteiger partial charge in [-0.1, -0.05) is 6.07 Å². The molecule has 0 amide bonds. The molecule has 11 heavy (non-hydrogen) atoms. The van der Waals surface area contributed by atoms with Crippen LogP contribution in [0, 0.1) is 0 Å². The Labute approximate surface area is 72.2 Å². The minimum atomic E-state index is 0. The number of anilines is 1. The first-order valence-corrected chi connectivity index (χ1v) is 3.17. The number of nitrogen functional groups attached to an aromatic ring is 1. The summed E-state index contributed by atoms with van der Waals surface area (Å²) in [5, 5.41) is 0. The molecule has 1 heterocycles. The minimum Gasteiger partial charge on any atom is -0.384 e. The second kappa shape index (κ2) is 4.16. The third-order valence-corrected chi connectivity index (χ3v) is 1.34. The molecule has 62 valence electrons. The van der Waals surface area contributed by atoms with Crippen LogP contribution in [0.4, 0.5) is 5.82 Å². The molecule has 0 aromatic carbocycles. The first kappa shape index (κ1) is 10.2. The summed E-state index contributed by atoms with van der Waals surface area (Å²) >= 11 is 0. The zero-order valence-corrected chi connectivity index (χ0v) is 7.14. The van der Waals surface area contributed by atoms with E-state index in [2.05, 4.69) is 4.98 Å². The molecule has 1 aromatic heterocycles. The van der Waals surface area contributed by atoms with Crippen molar-refractivity contribution in [2.24, 2.45) is 5.73 Å². The molecular formula is C7H12ClN3. The van der Waals surface area contributed by atoms with Crippen molar-refractivity contribution in [2.45, 2.75) is 13.0 Å². The largest absolute Gasteiger partial charge is 0.384 e. The van der Waals surface area contributed by atoms with Crippen LogP contribution in [0.25, 0.3) is 0 Å². The van der Waals surface area contributed by atoms with Crippen molar-refractivity contribution < 1.29 is 0 Å². The predicted molar refractivity (Wildman–Crippen MR) is 48.5 cm³/mol. The van der Waals surface area contributed by atoms with Crippen LogP contribution >= 0.6 is 12.4 Å². The van der Waals surface area contributed by atoms with Crippen LogP contribution in [0.15, 0.2) is 18.3 Å². The number of hydrogen-bond acceptors (Lipinski definition) is 3. The van der Waals surface area contributed by atoms with Crippen molar-refractivity contribution in [1.82, 2.24) is 4.98 Å². The molecule has 3 nitrogen and oxygen atoms in total.